The zero-order chi connectivity index (χ0) is 19.3. The predicted octanol–water partition coefficient (Wildman–Crippen LogP) is 2.60. The molecule has 0 unspecified atom stereocenters. The second-order valence-electron chi connectivity index (χ2n) is 5.49. The maximum Gasteiger partial charge on any atom is 0.338 e. The second-order valence-corrected chi connectivity index (χ2v) is 5.49. The van der Waals surface area contributed by atoms with Crippen molar-refractivity contribution in [1.82, 2.24) is 0 Å². The highest BCUT2D eigenvalue weighted by Gasteiger charge is 2.16. The normalized spacial score (nSPS) is 10.1. The van der Waals surface area contributed by atoms with Gasteiger partial charge in [0, 0.05) is 31.5 Å². The van der Waals surface area contributed by atoms with Crippen LogP contribution in [0.15, 0.2) is 42.5 Å². The molecule has 0 saturated carbocycles. The van der Waals surface area contributed by atoms with Crippen molar-refractivity contribution in [2.45, 2.75) is 0 Å². The van der Waals surface area contributed by atoms with E-state index in [-0.39, 0.29) is 11.3 Å². The van der Waals surface area contributed by atoms with Crippen LogP contribution in [-0.4, -0.2) is 37.5 Å². The Hall–Kier alpha value is -3.49. The first kappa shape index (κ1) is 18.8. The number of esters is 1. The molecule has 0 aliphatic rings. The molecule has 0 aliphatic heterocycles. The molecule has 0 bridgehead atoms. The Kier molecular flexibility index (Phi) is 5.84. The summed E-state index contributed by atoms with van der Waals surface area (Å²) in [7, 11) is 3.72. The number of halogens is 1. The fraction of sp³-hybridized carbons (Fsp3) is 0.176. The third-order valence-corrected chi connectivity index (χ3v) is 3.38. The Balaban J connectivity index is 1.93. The van der Waals surface area contributed by atoms with Gasteiger partial charge in [0.1, 0.15) is 0 Å². The van der Waals surface area contributed by atoms with Crippen LogP contribution in [0.3, 0.4) is 0 Å². The number of ether oxygens (including phenoxy) is 1. The summed E-state index contributed by atoms with van der Waals surface area (Å²) in [5.41, 5.74) is 0.438. The van der Waals surface area contributed by atoms with Crippen LogP contribution in [0.5, 0.6) is 0 Å². The summed E-state index contributed by atoms with van der Waals surface area (Å²) in [6.07, 6.45) is 0. The van der Waals surface area contributed by atoms with Gasteiger partial charge in [0.25, 0.3) is 5.91 Å². The standard InChI is InChI=1S/C17H16FN3O5/c1-20(2)13-6-3-11(4-7-13)17(23)26-10-16(22)19-12-5-8-14(18)15(9-12)21(24)25/h3-9H,10H2,1-2H3,(H,19,22). The van der Waals surface area contributed by atoms with Crippen LogP contribution in [0.25, 0.3) is 0 Å². The molecule has 9 heteroatoms. The zero-order valence-corrected chi connectivity index (χ0v) is 14.1. The average Bonchev–Trinajstić information content (AvgIpc) is 2.61. The van der Waals surface area contributed by atoms with Crippen LogP contribution >= 0.6 is 0 Å². The fourth-order valence-corrected chi connectivity index (χ4v) is 2.04. The van der Waals surface area contributed by atoms with Gasteiger partial charge in [0.2, 0.25) is 5.82 Å². The number of anilines is 2. The molecule has 0 atom stereocenters. The Labute approximate surface area is 148 Å². The van der Waals surface area contributed by atoms with Crippen LogP contribution in [0.4, 0.5) is 21.5 Å². The van der Waals surface area contributed by atoms with Crippen molar-refractivity contribution in [2.75, 3.05) is 30.9 Å². The summed E-state index contributed by atoms with van der Waals surface area (Å²) in [6.45, 7) is -0.584. The molecule has 0 spiro atoms. The number of carbonyl (C=O) groups is 2. The lowest BCUT2D eigenvalue weighted by Gasteiger charge is -2.12. The van der Waals surface area contributed by atoms with Gasteiger partial charge in [0.15, 0.2) is 6.61 Å². The highest BCUT2D eigenvalue weighted by atomic mass is 19.1. The number of nitrogens with one attached hydrogen (secondary N) is 1. The highest BCUT2D eigenvalue weighted by Crippen LogP contribution is 2.21. The van der Waals surface area contributed by atoms with Crippen molar-refractivity contribution in [2.24, 2.45) is 0 Å². The first-order valence-corrected chi connectivity index (χ1v) is 7.46. The summed E-state index contributed by atoms with van der Waals surface area (Å²) in [5.74, 6) is -2.40. The molecule has 8 nitrogen and oxygen atoms in total. The van der Waals surface area contributed by atoms with E-state index in [0.29, 0.717) is 0 Å². The third-order valence-electron chi connectivity index (χ3n) is 3.38. The number of rotatable bonds is 6. The molecule has 2 aromatic rings. The lowest BCUT2D eigenvalue weighted by atomic mass is 10.2. The summed E-state index contributed by atoms with van der Waals surface area (Å²) in [6, 6.07) is 9.52. The van der Waals surface area contributed by atoms with Crippen molar-refractivity contribution in [3.05, 3.63) is 64.0 Å². The minimum absolute atomic E-state index is 0.0227. The van der Waals surface area contributed by atoms with Gasteiger partial charge >= 0.3 is 11.7 Å². The van der Waals surface area contributed by atoms with Crippen molar-refractivity contribution >= 4 is 28.9 Å². The van der Waals surface area contributed by atoms with Gasteiger partial charge in [-0.05, 0) is 36.4 Å². The van der Waals surface area contributed by atoms with Crippen LogP contribution in [-0.2, 0) is 9.53 Å². The van der Waals surface area contributed by atoms with Crippen LogP contribution in [0.2, 0.25) is 0 Å². The van der Waals surface area contributed by atoms with Crippen molar-refractivity contribution < 1.29 is 23.6 Å². The van der Waals surface area contributed by atoms with Gasteiger partial charge < -0.3 is 15.0 Å². The number of amides is 1. The Morgan fingerprint density at radius 3 is 2.42 bits per heavy atom. The molecule has 1 amide bonds. The lowest BCUT2D eigenvalue weighted by Crippen LogP contribution is -2.21. The smallest absolute Gasteiger partial charge is 0.338 e. The Morgan fingerprint density at radius 1 is 1.19 bits per heavy atom. The number of nitro groups is 1. The van der Waals surface area contributed by atoms with Gasteiger partial charge in [-0.15, -0.1) is 0 Å². The maximum atomic E-state index is 13.3. The number of hydrogen-bond acceptors (Lipinski definition) is 6. The van der Waals surface area contributed by atoms with E-state index in [2.05, 4.69) is 5.32 Å². The molecule has 0 aliphatic carbocycles. The quantitative estimate of drug-likeness (QED) is 0.482. The molecule has 1 N–H and O–H groups in total. The molecule has 2 aromatic carbocycles. The summed E-state index contributed by atoms with van der Waals surface area (Å²) in [5, 5.41) is 13.0. The van der Waals surface area contributed by atoms with Gasteiger partial charge in [-0.2, -0.15) is 4.39 Å². The first-order chi connectivity index (χ1) is 12.3. The van der Waals surface area contributed by atoms with E-state index in [0.717, 1.165) is 17.8 Å². The van der Waals surface area contributed by atoms with E-state index in [1.54, 1.807) is 24.3 Å². The number of benzene rings is 2. The molecule has 0 saturated heterocycles. The van der Waals surface area contributed by atoms with E-state index < -0.39 is 34.9 Å². The third kappa shape index (κ3) is 4.76. The maximum absolute atomic E-state index is 13.3. The van der Waals surface area contributed by atoms with Crippen LogP contribution in [0.1, 0.15) is 10.4 Å². The van der Waals surface area contributed by atoms with Crippen molar-refractivity contribution in [3.63, 3.8) is 0 Å². The molecule has 26 heavy (non-hydrogen) atoms. The van der Waals surface area contributed by atoms with Gasteiger partial charge in [0.05, 0.1) is 10.5 Å². The average molecular weight is 361 g/mol. The van der Waals surface area contributed by atoms with E-state index >= 15 is 0 Å². The molecular formula is C17H16FN3O5. The number of hydrogen-bond donors (Lipinski definition) is 1. The SMILES string of the molecule is CN(C)c1ccc(C(=O)OCC(=O)Nc2ccc(F)c([N+](=O)[O-])c2)cc1. The summed E-state index contributed by atoms with van der Waals surface area (Å²) < 4.78 is 18.1. The zero-order valence-electron chi connectivity index (χ0n) is 14.1. The minimum Gasteiger partial charge on any atom is -0.452 e. The molecule has 0 heterocycles. The predicted molar refractivity (Wildman–Crippen MR) is 92.7 cm³/mol. The van der Waals surface area contributed by atoms with E-state index in [1.165, 1.54) is 6.07 Å². The van der Waals surface area contributed by atoms with E-state index in [1.807, 2.05) is 19.0 Å². The van der Waals surface area contributed by atoms with Crippen LogP contribution in [0, 0.1) is 15.9 Å². The Morgan fingerprint density at radius 2 is 1.85 bits per heavy atom. The number of nitro benzene ring substituents is 1. The summed E-state index contributed by atoms with van der Waals surface area (Å²) >= 11 is 0. The first-order valence-electron chi connectivity index (χ1n) is 7.46. The van der Waals surface area contributed by atoms with Gasteiger partial charge in [-0.25, -0.2) is 4.79 Å². The number of carbonyl (C=O) groups excluding carboxylic acids is 2. The fourth-order valence-electron chi connectivity index (χ4n) is 2.04. The topological polar surface area (TPSA) is 102 Å². The molecule has 0 fully saturated rings. The Bertz CT molecular complexity index is 837. The largest absolute Gasteiger partial charge is 0.452 e. The minimum atomic E-state index is -1.01. The van der Waals surface area contributed by atoms with Crippen molar-refractivity contribution in [3.8, 4) is 0 Å². The van der Waals surface area contributed by atoms with Crippen molar-refractivity contribution in [1.29, 1.82) is 0 Å². The molecule has 0 aromatic heterocycles. The van der Waals surface area contributed by atoms with E-state index in [9.17, 15) is 24.1 Å². The second kappa shape index (κ2) is 8.06. The van der Waals surface area contributed by atoms with Gasteiger partial charge in [-0.1, -0.05) is 0 Å². The van der Waals surface area contributed by atoms with E-state index in [4.69, 9.17) is 4.74 Å². The highest BCUT2D eigenvalue weighted by molar-refractivity contribution is 5.95. The monoisotopic (exact) mass is 361 g/mol. The molecular weight excluding hydrogens is 345 g/mol. The summed E-state index contributed by atoms with van der Waals surface area (Å²) in [4.78, 5) is 35.4. The number of nitrogens with zero attached hydrogens (tertiary/aromatic N) is 2. The van der Waals surface area contributed by atoms with Gasteiger partial charge in [-0.3, -0.25) is 14.9 Å². The van der Waals surface area contributed by atoms with Crippen LogP contribution < -0.4 is 10.2 Å². The molecule has 0 radical (unpaired) electrons. The lowest BCUT2D eigenvalue weighted by molar-refractivity contribution is -0.387. The molecule has 2 rings (SSSR count). The molecule has 136 valence electrons.